The van der Waals surface area contributed by atoms with Gasteiger partial charge in [0.2, 0.25) is 0 Å². The van der Waals surface area contributed by atoms with E-state index in [-0.39, 0.29) is 11.3 Å². The molecular formula is C15H13NO3. The highest BCUT2D eigenvalue weighted by Crippen LogP contribution is 2.10. The highest BCUT2D eigenvalue weighted by atomic mass is 16.4. The van der Waals surface area contributed by atoms with Crippen molar-refractivity contribution < 1.29 is 14.7 Å². The maximum atomic E-state index is 11.1. The predicted molar refractivity (Wildman–Crippen MR) is 70.4 cm³/mol. The van der Waals surface area contributed by atoms with Crippen molar-refractivity contribution in [3.05, 3.63) is 65.0 Å². The normalized spacial score (nSPS) is 10.2. The molecule has 0 atom stereocenters. The zero-order valence-corrected chi connectivity index (χ0v) is 10.5. The number of carbonyl (C=O) groups is 2. The van der Waals surface area contributed by atoms with Crippen LogP contribution in [0.15, 0.2) is 42.6 Å². The summed E-state index contributed by atoms with van der Waals surface area (Å²) in [6.07, 6.45) is 2.17. The van der Waals surface area contributed by atoms with Crippen LogP contribution in [0.3, 0.4) is 0 Å². The lowest BCUT2D eigenvalue weighted by Gasteiger charge is -2.03. The van der Waals surface area contributed by atoms with Gasteiger partial charge in [-0.2, -0.15) is 0 Å². The Morgan fingerprint density at radius 3 is 2.16 bits per heavy atom. The minimum atomic E-state index is -0.935. The molecule has 1 aromatic heterocycles. The van der Waals surface area contributed by atoms with Crippen molar-refractivity contribution in [2.75, 3.05) is 0 Å². The molecule has 19 heavy (non-hydrogen) atoms. The maximum absolute atomic E-state index is 11.1. The molecule has 4 heteroatoms. The third-order valence-corrected chi connectivity index (χ3v) is 2.82. The smallest absolute Gasteiger partial charge is 0.335 e. The first-order valence-corrected chi connectivity index (χ1v) is 5.84. The Morgan fingerprint density at radius 1 is 1.05 bits per heavy atom. The third kappa shape index (κ3) is 3.25. The van der Waals surface area contributed by atoms with Gasteiger partial charge in [0.1, 0.15) is 0 Å². The molecule has 1 heterocycles. The van der Waals surface area contributed by atoms with Gasteiger partial charge in [-0.25, -0.2) is 4.79 Å². The molecule has 0 aliphatic heterocycles. The second kappa shape index (κ2) is 5.44. The number of aromatic nitrogens is 1. The molecule has 0 aliphatic carbocycles. The molecule has 0 unspecified atom stereocenters. The summed E-state index contributed by atoms with van der Waals surface area (Å²) in [4.78, 5) is 26.1. The van der Waals surface area contributed by atoms with Gasteiger partial charge in [0.25, 0.3) is 0 Å². The van der Waals surface area contributed by atoms with Gasteiger partial charge in [-0.15, -0.1) is 0 Å². The monoisotopic (exact) mass is 255 g/mol. The highest BCUT2D eigenvalue weighted by molar-refractivity contribution is 5.93. The summed E-state index contributed by atoms with van der Waals surface area (Å²) in [7, 11) is 0. The van der Waals surface area contributed by atoms with Crippen LogP contribution in [0.4, 0.5) is 0 Å². The van der Waals surface area contributed by atoms with Gasteiger partial charge in [-0.05, 0) is 36.8 Å². The van der Waals surface area contributed by atoms with Gasteiger partial charge in [0.15, 0.2) is 5.78 Å². The van der Waals surface area contributed by atoms with Crippen LogP contribution in [0.25, 0.3) is 0 Å². The number of Topliss-reactive ketones (excluding diaryl/α,β-unsaturated/α-hetero) is 1. The number of hydrogen-bond acceptors (Lipinski definition) is 3. The first-order chi connectivity index (χ1) is 9.06. The van der Waals surface area contributed by atoms with Crippen LogP contribution in [0, 0.1) is 0 Å². The number of ketones is 1. The van der Waals surface area contributed by atoms with Gasteiger partial charge >= 0.3 is 5.97 Å². The fraction of sp³-hybridized carbons (Fsp3) is 0.133. The lowest BCUT2D eigenvalue weighted by molar-refractivity contribution is 0.0696. The molecule has 0 fully saturated rings. The molecule has 2 aromatic rings. The van der Waals surface area contributed by atoms with Crippen LogP contribution in [-0.2, 0) is 6.42 Å². The van der Waals surface area contributed by atoms with E-state index < -0.39 is 5.97 Å². The molecule has 1 aromatic carbocycles. The summed E-state index contributed by atoms with van der Waals surface area (Å²) in [5, 5.41) is 8.80. The van der Waals surface area contributed by atoms with E-state index in [1.807, 2.05) is 6.07 Å². The summed E-state index contributed by atoms with van der Waals surface area (Å²) < 4.78 is 0. The van der Waals surface area contributed by atoms with Crippen LogP contribution >= 0.6 is 0 Å². The van der Waals surface area contributed by atoms with E-state index in [4.69, 9.17) is 5.11 Å². The van der Waals surface area contributed by atoms with Gasteiger partial charge in [0.05, 0.1) is 5.56 Å². The zero-order chi connectivity index (χ0) is 13.8. The zero-order valence-electron chi connectivity index (χ0n) is 10.5. The number of benzene rings is 1. The van der Waals surface area contributed by atoms with E-state index in [1.54, 1.807) is 36.5 Å². The van der Waals surface area contributed by atoms with Crippen molar-refractivity contribution in [2.45, 2.75) is 13.3 Å². The summed E-state index contributed by atoms with van der Waals surface area (Å²) in [5.74, 6) is -0.944. The fourth-order valence-corrected chi connectivity index (χ4v) is 1.71. The van der Waals surface area contributed by atoms with Crippen LogP contribution in [0.1, 0.15) is 38.9 Å². The fourth-order valence-electron chi connectivity index (χ4n) is 1.71. The first-order valence-electron chi connectivity index (χ1n) is 5.84. The van der Waals surface area contributed by atoms with Crippen LogP contribution in [0.5, 0.6) is 0 Å². The topological polar surface area (TPSA) is 67.3 Å². The average Bonchev–Trinajstić information content (AvgIpc) is 2.40. The maximum Gasteiger partial charge on any atom is 0.335 e. The number of pyridine rings is 1. The van der Waals surface area contributed by atoms with Gasteiger partial charge < -0.3 is 5.11 Å². The molecule has 0 bridgehead atoms. The standard InChI is InChI=1S/C15H13NO3/c1-10(17)13-6-7-14(16-9-13)8-11-2-4-12(5-3-11)15(18)19/h2-7,9H,8H2,1H3,(H,18,19). The molecule has 0 saturated carbocycles. The Labute approximate surface area is 110 Å². The minimum absolute atomic E-state index is 0.00939. The molecule has 2 rings (SSSR count). The Bertz CT molecular complexity index is 545. The van der Waals surface area contributed by atoms with E-state index in [0.717, 1.165) is 11.3 Å². The SMILES string of the molecule is CC(=O)c1ccc(Cc2ccc(C(=O)O)cc2)nc1. The van der Waals surface area contributed by atoms with Gasteiger partial charge in [0, 0.05) is 23.9 Å². The molecule has 0 radical (unpaired) electrons. The number of rotatable bonds is 4. The second-order valence-electron chi connectivity index (χ2n) is 4.27. The molecular weight excluding hydrogens is 242 g/mol. The predicted octanol–water partition coefficient (Wildman–Crippen LogP) is 2.57. The first kappa shape index (κ1) is 13.0. The number of carboxylic acids is 1. The van der Waals surface area contributed by atoms with E-state index >= 15 is 0 Å². The van der Waals surface area contributed by atoms with Crippen molar-refractivity contribution in [3.63, 3.8) is 0 Å². The molecule has 1 N–H and O–H groups in total. The largest absolute Gasteiger partial charge is 0.478 e. The van der Waals surface area contributed by atoms with Crippen molar-refractivity contribution in [3.8, 4) is 0 Å². The van der Waals surface area contributed by atoms with Crippen LogP contribution in [0.2, 0.25) is 0 Å². The molecule has 96 valence electrons. The lowest BCUT2D eigenvalue weighted by Crippen LogP contribution is -1.98. The third-order valence-electron chi connectivity index (χ3n) is 2.82. The quantitative estimate of drug-likeness (QED) is 0.852. The Hall–Kier alpha value is -2.49. The summed E-state index contributed by atoms with van der Waals surface area (Å²) in [6.45, 7) is 1.50. The summed E-state index contributed by atoms with van der Waals surface area (Å²) in [5.41, 5.74) is 2.68. The Balaban J connectivity index is 2.12. The Morgan fingerprint density at radius 2 is 1.68 bits per heavy atom. The minimum Gasteiger partial charge on any atom is -0.478 e. The van der Waals surface area contributed by atoms with E-state index in [1.165, 1.54) is 6.92 Å². The van der Waals surface area contributed by atoms with Gasteiger partial charge in [-0.3, -0.25) is 9.78 Å². The summed E-state index contributed by atoms with van der Waals surface area (Å²) >= 11 is 0. The highest BCUT2D eigenvalue weighted by Gasteiger charge is 2.04. The number of nitrogens with zero attached hydrogens (tertiary/aromatic N) is 1. The lowest BCUT2D eigenvalue weighted by atomic mass is 10.1. The van der Waals surface area contributed by atoms with Crippen molar-refractivity contribution in [1.82, 2.24) is 4.98 Å². The van der Waals surface area contributed by atoms with E-state index in [2.05, 4.69) is 4.98 Å². The number of carbonyl (C=O) groups excluding carboxylic acids is 1. The summed E-state index contributed by atoms with van der Waals surface area (Å²) in [6, 6.07) is 10.2. The van der Waals surface area contributed by atoms with Gasteiger partial charge in [-0.1, -0.05) is 12.1 Å². The molecule has 0 aliphatic rings. The second-order valence-corrected chi connectivity index (χ2v) is 4.27. The van der Waals surface area contributed by atoms with Crippen LogP contribution < -0.4 is 0 Å². The molecule has 0 saturated heterocycles. The molecule has 4 nitrogen and oxygen atoms in total. The average molecular weight is 255 g/mol. The molecule has 0 amide bonds. The number of hydrogen-bond donors (Lipinski definition) is 1. The van der Waals surface area contributed by atoms with E-state index in [0.29, 0.717) is 12.0 Å². The number of aromatic carboxylic acids is 1. The van der Waals surface area contributed by atoms with Crippen LogP contribution in [-0.4, -0.2) is 21.8 Å². The van der Waals surface area contributed by atoms with Crippen molar-refractivity contribution in [2.24, 2.45) is 0 Å². The number of carboxylic acid groups (broad SMARTS) is 1. The van der Waals surface area contributed by atoms with Crippen molar-refractivity contribution >= 4 is 11.8 Å². The molecule has 0 spiro atoms. The van der Waals surface area contributed by atoms with E-state index in [9.17, 15) is 9.59 Å². The Kier molecular flexibility index (Phi) is 3.71. The van der Waals surface area contributed by atoms with Crippen molar-refractivity contribution in [1.29, 1.82) is 0 Å².